The molecule has 0 bridgehead atoms. The molecule has 0 radical (unpaired) electrons. The molecule has 2 heteroatoms. The maximum absolute atomic E-state index is 11.4. The monoisotopic (exact) mass is 222 g/mol. The number of rotatable bonds is 3. The van der Waals surface area contributed by atoms with E-state index in [0.29, 0.717) is 18.4 Å². The quantitative estimate of drug-likeness (QED) is 0.415. The summed E-state index contributed by atoms with van der Waals surface area (Å²) in [5.41, 5.74) is 2.44. The van der Waals surface area contributed by atoms with Crippen molar-refractivity contribution in [3.8, 4) is 0 Å². The standard InChI is InChI=1S/C14H22O2/c1-5-16-14(15)9-13-8-12(10(2)3)7-6-11(13)4/h9,11-12H,2,5-8H2,1,3-4H3/t11-,12-/m1/s1. The number of hydrogen-bond acceptors (Lipinski definition) is 2. The first kappa shape index (κ1) is 13.0. The highest BCUT2D eigenvalue weighted by Gasteiger charge is 2.23. The Morgan fingerprint density at radius 2 is 2.25 bits per heavy atom. The molecule has 0 unspecified atom stereocenters. The second kappa shape index (κ2) is 5.88. The fourth-order valence-corrected chi connectivity index (χ4v) is 2.18. The van der Waals surface area contributed by atoms with Crippen molar-refractivity contribution < 1.29 is 9.53 Å². The van der Waals surface area contributed by atoms with Gasteiger partial charge in [-0.1, -0.05) is 24.6 Å². The average Bonchev–Trinajstić information content (AvgIpc) is 2.21. The summed E-state index contributed by atoms with van der Waals surface area (Å²) >= 11 is 0. The van der Waals surface area contributed by atoms with Gasteiger partial charge in [-0.3, -0.25) is 0 Å². The predicted octanol–water partition coefficient (Wildman–Crippen LogP) is 3.49. The molecule has 1 fully saturated rings. The van der Waals surface area contributed by atoms with Gasteiger partial charge in [0, 0.05) is 6.08 Å². The average molecular weight is 222 g/mol. The molecular weight excluding hydrogens is 200 g/mol. The molecule has 0 amide bonds. The molecule has 0 saturated heterocycles. The summed E-state index contributed by atoms with van der Waals surface area (Å²) in [6, 6.07) is 0. The minimum absolute atomic E-state index is 0.202. The highest BCUT2D eigenvalue weighted by atomic mass is 16.5. The minimum atomic E-state index is -0.202. The van der Waals surface area contributed by atoms with Crippen molar-refractivity contribution in [3.05, 3.63) is 23.8 Å². The van der Waals surface area contributed by atoms with Gasteiger partial charge in [0.2, 0.25) is 0 Å². The first-order valence-corrected chi connectivity index (χ1v) is 6.07. The number of carbonyl (C=O) groups is 1. The zero-order valence-corrected chi connectivity index (χ0v) is 10.6. The summed E-state index contributed by atoms with van der Waals surface area (Å²) in [6.45, 7) is 10.5. The number of allylic oxidation sites excluding steroid dienone is 2. The van der Waals surface area contributed by atoms with Crippen LogP contribution in [0.3, 0.4) is 0 Å². The Kier molecular flexibility index (Phi) is 4.78. The molecule has 2 nitrogen and oxygen atoms in total. The largest absolute Gasteiger partial charge is 0.463 e. The Balaban J connectivity index is 2.69. The van der Waals surface area contributed by atoms with Crippen LogP contribution in [0.4, 0.5) is 0 Å². The van der Waals surface area contributed by atoms with Gasteiger partial charge in [-0.25, -0.2) is 4.79 Å². The molecule has 0 aromatic carbocycles. The van der Waals surface area contributed by atoms with Gasteiger partial charge < -0.3 is 4.74 Å². The van der Waals surface area contributed by atoms with Crippen LogP contribution in [-0.2, 0) is 9.53 Å². The smallest absolute Gasteiger partial charge is 0.330 e. The maximum Gasteiger partial charge on any atom is 0.330 e. The van der Waals surface area contributed by atoms with Gasteiger partial charge >= 0.3 is 5.97 Å². The lowest BCUT2D eigenvalue weighted by Crippen LogP contribution is -2.17. The van der Waals surface area contributed by atoms with Gasteiger partial charge in [-0.15, -0.1) is 0 Å². The van der Waals surface area contributed by atoms with Crippen LogP contribution >= 0.6 is 0 Å². The summed E-state index contributed by atoms with van der Waals surface area (Å²) in [6.07, 6.45) is 4.98. The Morgan fingerprint density at radius 1 is 1.56 bits per heavy atom. The van der Waals surface area contributed by atoms with Crippen LogP contribution in [0.15, 0.2) is 23.8 Å². The SMILES string of the molecule is C=C(C)[C@@H]1CC[C@@H](C)C(=CC(=O)OCC)C1. The summed E-state index contributed by atoms with van der Waals surface area (Å²) in [5, 5.41) is 0. The lowest BCUT2D eigenvalue weighted by molar-refractivity contribution is -0.137. The molecule has 90 valence electrons. The Morgan fingerprint density at radius 3 is 2.81 bits per heavy atom. The molecule has 0 N–H and O–H groups in total. The molecule has 1 aliphatic rings. The second-order valence-electron chi connectivity index (χ2n) is 4.70. The zero-order chi connectivity index (χ0) is 12.1. The first-order chi connectivity index (χ1) is 7.54. The van der Waals surface area contributed by atoms with Crippen molar-refractivity contribution in [2.45, 2.75) is 40.0 Å². The van der Waals surface area contributed by atoms with E-state index in [0.717, 1.165) is 12.8 Å². The van der Waals surface area contributed by atoms with Gasteiger partial charge in [-0.2, -0.15) is 0 Å². The van der Waals surface area contributed by atoms with Crippen molar-refractivity contribution in [3.63, 3.8) is 0 Å². The minimum Gasteiger partial charge on any atom is -0.463 e. The molecule has 0 aromatic heterocycles. The second-order valence-corrected chi connectivity index (χ2v) is 4.70. The maximum atomic E-state index is 11.4. The van der Waals surface area contributed by atoms with Crippen LogP contribution in [0, 0.1) is 11.8 Å². The molecule has 0 heterocycles. The van der Waals surface area contributed by atoms with Crippen LogP contribution in [0.2, 0.25) is 0 Å². The number of carbonyl (C=O) groups excluding carboxylic acids is 1. The highest BCUT2D eigenvalue weighted by Crippen LogP contribution is 2.36. The molecule has 0 aromatic rings. The molecule has 0 spiro atoms. The molecule has 0 aliphatic heterocycles. The van der Waals surface area contributed by atoms with Crippen molar-refractivity contribution in [1.82, 2.24) is 0 Å². The fraction of sp³-hybridized carbons (Fsp3) is 0.643. The van der Waals surface area contributed by atoms with E-state index in [-0.39, 0.29) is 5.97 Å². The fourth-order valence-electron chi connectivity index (χ4n) is 2.18. The highest BCUT2D eigenvalue weighted by molar-refractivity contribution is 5.82. The zero-order valence-electron chi connectivity index (χ0n) is 10.6. The van der Waals surface area contributed by atoms with Crippen LogP contribution in [0.1, 0.15) is 40.0 Å². The Bertz CT molecular complexity index is 302. The normalized spacial score (nSPS) is 27.8. The number of hydrogen-bond donors (Lipinski definition) is 0. The molecule has 2 atom stereocenters. The van der Waals surface area contributed by atoms with E-state index in [2.05, 4.69) is 20.4 Å². The molecular formula is C14H22O2. The van der Waals surface area contributed by atoms with Crippen molar-refractivity contribution >= 4 is 5.97 Å². The van der Waals surface area contributed by atoms with Crippen LogP contribution < -0.4 is 0 Å². The summed E-state index contributed by atoms with van der Waals surface area (Å²) in [7, 11) is 0. The third kappa shape index (κ3) is 3.51. The van der Waals surface area contributed by atoms with Crippen molar-refractivity contribution in [2.24, 2.45) is 11.8 Å². The molecule has 1 saturated carbocycles. The number of ether oxygens (including phenoxy) is 1. The number of esters is 1. The summed E-state index contributed by atoms with van der Waals surface area (Å²) in [5.74, 6) is 0.837. The van der Waals surface area contributed by atoms with Gasteiger partial charge in [0.15, 0.2) is 0 Å². The molecule has 1 aliphatic carbocycles. The Hall–Kier alpha value is -1.05. The van der Waals surface area contributed by atoms with Crippen LogP contribution in [0.5, 0.6) is 0 Å². The van der Waals surface area contributed by atoms with Crippen molar-refractivity contribution in [1.29, 1.82) is 0 Å². The van der Waals surface area contributed by atoms with Crippen molar-refractivity contribution in [2.75, 3.05) is 6.61 Å². The molecule has 1 rings (SSSR count). The topological polar surface area (TPSA) is 26.3 Å². The van der Waals surface area contributed by atoms with Gasteiger partial charge in [-0.05, 0) is 44.9 Å². The van der Waals surface area contributed by atoms with E-state index in [4.69, 9.17) is 4.74 Å². The van der Waals surface area contributed by atoms with Crippen LogP contribution in [0.25, 0.3) is 0 Å². The predicted molar refractivity (Wildman–Crippen MR) is 66.0 cm³/mol. The Labute approximate surface area is 98.4 Å². The summed E-state index contributed by atoms with van der Waals surface area (Å²) < 4.78 is 4.95. The van der Waals surface area contributed by atoms with E-state index < -0.39 is 0 Å². The molecule has 16 heavy (non-hydrogen) atoms. The van der Waals surface area contributed by atoms with E-state index in [1.165, 1.54) is 17.6 Å². The van der Waals surface area contributed by atoms with Gasteiger partial charge in [0.05, 0.1) is 6.61 Å². The third-order valence-corrected chi connectivity index (χ3v) is 3.35. The lowest BCUT2D eigenvalue weighted by atomic mass is 9.76. The first-order valence-electron chi connectivity index (χ1n) is 6.07. The summed E-state index contributed by atoms with van der Waals surface area (Å²) in [4.78, 5) is 11.4. The van der Waals surface area contributed by atoms with Crippen LogP contribution in [-0.4, -0.2) is 12.6 Å². The van der Waals surface area contributed by atoms with E-state index >= 15 is 0 Å². The van der Waals surface area contributed by atoms with Gasteiger partial charge in [0.1, 0.15) is 0 Å². The van der Waals surface area contributed by atoms with E-state index in [9.17, 15) is 4.79 Å². The third-order valence-electron chi connectivity index (χ3n) is 3.35. The van der Waals surface area contributed by atoms with E-state index in [1.54, 1.807) is 6.08 Å². The van der Waals surface area contributed by atoms with Gasteiger partial charge in [0.25, 0.3) is 0 Å². The van der Waals surface area contributed by atoms with E-state index in [1.807, 2.05) is 6.92 Å². The lowest BCUT2D eigenvalue weighted by Gasteiger charge is -2.29.